The minimum Gasteiger partial charge on any atom is -0.368 e. The number of aromatic nitrogens is 2. The second-order valence-electron chi connectivity index (χ2n) is 9.29. The van der Waals surface area contributed by atoms with Gasteiger partial charge >= 0.3 is 0 Å². The molecule has 2 aromatic rings. The van der Waals surface area contributed by atoms with Crippen LogP contribution in [0, 0.1) is 17.0 Å². The number of nitrogens with zero attached hydrogens (tertiary/aromatic N) is 3. The molecule has 7 nitrogen and oxygen atoms in total. The number of carbonyl (C=O) groups is 2. The van der Waals surface area contributed by atoms with E-state index in [2.05, 4.69) is 10.3 Å². The van der Waals surface area contributed by atoms with Crippen molar-refractivity contribution < 1.29 is 18.4 Å². The number of halogens is 2. The number of hydrogen-bond donors (Lipinski definition) is 2. The van der Waals surface area contributed by atoms with Crippen molar-refractivity contribution in [2.75, 3.05) is 13.6 Å². The van der Waals surface area contributed by atoms with E-state index in [-0.39, 0.29) is 22.5 Å². The third-order valence-electron chi connectivity index (χ3n) is 5.26. The lowest BCUT2D eigenvalue weighted by atomic mass is 9.88. The Morgan fingerprint density at radius 3 is 2.61 bits per heavy atom. The molecule has 0 saturated carbocycles. The first-order valence-corrected chi connectivity index (χ1v) is 10.3. The molecule has 0 radical (unpaired) electrons. The first-order chi connectivity index (χ1) is 14.5. The number of carbonyl (C=O) groups excluding carboxylic acids is 2. The van der Waals surface area contributed by atoms with Crippen molar-refractivity contribution in [1.82, 2.24) is 19.8 Å². The molecule has 0 fully saturated rings. The molecule has 1 aliphatic rings. The molecule has 1 atom stereocenters. The fourth-order valence-electron chi connectivity index (χ4n) is 3.84. The molecule has 31 heavy (non-hydrogen) atoms. The highest BCUT2D eigenvalue weighted by molar-refractivity contribution is 5.97. The Morgan fingerprint density at radius 1 is 1.26 bits per heavy atom. The molecule has 0 spiro atoms. The summed E-state index contributed by atoms with van der Waals surface area (Å²) in [5, 5.41) is 2.69. The van der Waals surface area contributed by atoms with Gasteiger partial charge in [0.05, 0.1) is 11.3 Å². The summed E-state index contributed by atoms with van der Waals surface area (Å²) in [6.07, 6.45) is 1.12. The van der Waals surface area contributed by atoms with Crippen LogP contribution in [0.5, 0.6) is 0 Å². The summed E-state index contributed by atoms with van der Waals surface area (Å²) in [5.41, 5.74) is 5.94. The van der Waals surface area contributed by atoms with Crippen LogP contribution in [-0.2, 0) is 17.9 Å². The van der Waals surface area contributed by atoms with Crippen molar-refractivity contribution in [3.63, 3.8) is 0 Å². The van der Waals surface area contributed by atoms with E-state index in [9.17, 15) is 18.4 Å². The van der Waals surface area contributed by atoms with Crippen LogP contribution < -0.4 is 11.1 Å². The Hall–Kier alpha value is -2.81. The van der Waals surface area contributed by atoms with Gasteiger partial charge in [-0.15, -0.1) is 0 Å². The number of hydrogen-bond acceptors (Lipinski definition) is 4. The molecule has 1 aromatic heterocycles. The predicted octanol–water partition coefficient (Wildman–Crippen LogP) is 2.68. The van der Waals surface area contributed by atoms with E-state index >= 15 is 0 Å². The van der Waals surface area contributed by atoms with E-state index in [0.29, 0.717) is 25.2 Å². The van der Waals surface area contributed by atoms with Crippen LogP contribution in [0.15, 0.2) is 18.2 Å². The molecule has 0 bridgehead atoms. The number of amides is 2. The third-order valence-corrected chi connectivity index (χ3v) is 5.26. The number of fused-ring (bicyclic) bond motifs is 1. The zero-order chi connectivity index (χ0) is 22.9. The van der Waals surface area contributed by atoms with Crippen LogP contribution in [0.25, 0.3) is 11.4 Å². The third kappa shape index (κ3) is 5.28. The molecular weight excluding hydrogens is 404 g/mol. The highest BCUT2D eigenvalue weighted by Crippen LogP contribution is 2.29. The number of imidazole rings is 1. The van der Waals surface area contributed by atoms with Gasteiger partial charge in [0, 0.05) is 13.1 Å². The maximum absolute atomic E-state index is 14.5. The van der Waals surface area contributed by atoms with E-state index in [1.54, 1.807) is 4.57 Å². The Bertz CT molecular complexity index is 997. The van der Waals surface area contributed by atoms with Gasteiger partial charge in [0.15, 0.2) is 5.69 Å². The lowest BCUT2D eigenvalue weighted by molar-refractivity contribution is -0.120. The Morgan fingerprint density at radius 2 is 1.97 bits per heavy atom. The van der Waals surface area contributed by atoms with Crippen LogP contribution in [0.3, 0.4) is 0 Å². The first-order valence-electron chi connectivity index (χ1n) is 10.3. The van der Waals surface area contributed by atoms with Gasteiger partial charge in [-0.1, -0.05) is 20.8 Å². The smallest absolute Gasteiger partial charge is 0.272 e. The Balaban J connectivity index is 2.05. The van der Waals surface area contributed by atoms with Crippen molar-refractivity contribution in [3.8, 4) is 11.4 Å². The summed E-state index contributed by atoms with van der Waals surface area (Å²) in [7, 11) is 1.92. The zero-order valence-electron chi connectivity index (χ0n) is 18.3. The van der Waals surface area contributed by atoms with Gasteiger partial charge in [-0.05, 0) is 50.0 Å². The van der Waals surface area contributed by atoms with E-state index in [0.717, 1.165) is 31.2 Å². The van der Waals surface area contributed by atoms with E-state index < -0.39 is 29.5 Å². The summed E-state index contributed by atoms with van der Waals surface area (Å²) in [6.45, 7) is 7.52. The van der Waals surface area contributed by atoms with Crippen molar-refractivity contribution in [2.24, 2.45) is 11.1 Å². The minimum atomic E-state index is -0.872. The normalized spacial score (nSPS) is 15.8. The number of nitrogens with two attached hydrogens (primary N) is 1. The van der Waals surface area contributed by atoms with Crippen LogP contribution >= 0.6 is 0 Å². The molecule has 2 amide bonds. The number of benzene rings is 1. The monoisotopic (exact) mass is 433 g/mol. The zero-order valence-corrected chi connectivity index (χ0v) is 18.3. The largest absolute Gasteiger partial charge is 0.368 e. The van der Waals surface area contributed by atoms with E-state index in [4.69, 9.17) is 5.73 Å². The lowest BCUT2D eigenvalue weighted by Gasteiger charge is -2.24. The second-order valence-corrected chi connectivity index (χ2v) is 9.29. The second kappa shape index (κ2) is 8.74. The number of rotatable bonds is 5. The van der Waals surface area contributed by atoms with E-state index in [1.807, 2.05) is 32.7 Å². The van der Waals surface area contributed by atoms with Gasteiger partial charge in [-0.3, -0.25) is 9.59 Å². The summed E-state index contributed by atoms with van der Waals surface area (Å²) >= 11 is 0. The topological polar surface area (TPSA) is 93.2 Å². The fourth-order valence-corrected chi connectivity index (χ4v) is 3.84. The molecule has 0 aliphatic carbocycles. The van der Waals surface area contributed by atoms with Crippen molar-refractivity contribution in [3.05, 3.63) is 41.2 Å². The molecule has 2 heterocycles. The quantitative estimate of drug-likeness (QED) is 0.758. The van der Waals surface area contributed by atoms with Gasteiger partial charge in [-0.2, -0.15) is 0 Å². The molecular formula is C22H29F2N5O2. The molecule has 1 aliphatic heterocycles. The molecule has 168 valence electrons. The molecule has 9 heteroatoms. The summed E-state index contributed by atoms with van der Waals surface area (Å²) in [5.74, 6) is -2.22. The molecule has 1 unspecified atom stereocenters. The molecule has 3 rings (SSSR count). The lowest BCUT2D eigenvalue weighted by Crippen LogP contribution is -2.46. The minimum absolute atomic E-state index is 0.00834. The number of nitrogens with one attached hydrogen (secondary N) is 1. The van der Waals surface area contributed by atoms with Crippen molar-refractivity contribution in [2.45, 2.75) is 52.7 Å². The van der Waals surface area contributed by atoms with Crippen molar-refractivity contribution in [1.29, 1.82) is 0 Å². The Labute approximate surface area is 180 Å². The van der Waals surface area contributed by atoms with Crippen LogP contribution in [0.2, 0.25) is 0 Å². The van der Waals surface area contributed by atoms with Gasteiger partial charge in [0.25, 0.3) is 5.91 Å². The van der Waals surface area contributed by atoms with E-state index in [1.165, 1.54) is 0 Å². The first kappa shape index (κ1) is 22.9. The SMILES string of the molecule is CN1CCCn2c(-c3cc(F)ccc3F)nc(C(=O)NC(CC(C)(C)C)C(N)=O)c2C1. The average molecular weight is 434 g/mol. The maximum atomic E-state index is 14.5. The average Bonchev–Trinajstić information content (AvgIpc) is 2.88. The standard InChI is InChI=1S/C22H29F2N5O2/c1-22(2,3)11-16(19(25)30)26-21(31)18-17-12-28(4)8-5-9-29(17)20(27-18)14-10-13(23)6-7-15(14)24/h6-7,10,16H,5,8-9,11-12H2,1-4H3,(H2,25,30)(H,26,31). The van der Waals surface area contributed by atoms with Crippen molar-refractivity contribution >= 4 is 11.8 Å². The van der Waals surface area contributed by atoms with Gasteiger partial charge < -0.3 is 20.5 Å². The van der Waals surface area contributed by atoms with Gasteiger partial charge in [0.2, 0.25) is 5.91 Å². The van der Waals surface area contributed by atoms with Gasteiger partial charge in [-0.25, -0.2) is 13.8 Å². The summed E-state index contributed by atoms with van der Waals surface area (Å²) in [6, 6.07) is 2.29. The number of primary amides is 1. The summed E-state index contributed by atoms with van der Waals surface area (Å²) in [4.78, 5) is 31.5. The molecule has 3 N–H and O–H groups in total. The predicted molar refractivity (Wildman–Crippen MR) is 113 cm³/mol. The van der Waals surface area contributed by atoms with Crippen LogP contribution in [-0.4, -0.2) is 45.9 Å². The van der Waals surface area contributed by atoms with Crippen LogP contribution in [0.1, 0.15) is 49.8 Å². The Kier molecular flexibility index (Phi) is 6.45. The molecule has 1 aromatic carbocycles. The maximum Gasteiger partial charge on any atom is 0.272 e. The molecule has 0 saturated heterocycles. The van der Waals surface area contributed by atoms with Crippen LogP contribution in [0.4, 0.5) is 8.78 Å². The highest BCUT2D eigenvalue weighted by Gasteiger charge is 2.30. The van der Waals surface area contributed by atoms with Gasteiger partial charge in [0.1, 0.15) is 23.5 Å². The highest BCUT2D eigenvalue weighted by atomic mass is 19.1. The fraction of sp³-hybridized carbons (Fsp3) is 0.500. The summed E-state index contributed by atoms with van der Waals surface area (Å²) < 4.78 is 30.1.